The number of anilines is 2. The Bertz CT molecular complexity index is 1130. The molecule has 2 amide bonds. The molecule has 0 aliphatic carbocycles. The Hall–Kier alpha value is -3.32. The fourth-order valence-electron chi connectivity index (χ4n) is 3.33. The lowest BCUT2D eigenvalue weighted by Gasteiger charge is -2.27. The number of fused-ring (bicyclic) bond motifs is 2. The van der Waals surface area contributed by atoms with Crippen LogP contribution in [0.15, 0.2) is 70.7 Å². The average Bonchev–Trinajstić information content (AvgIpc) is 2.87. The van der Waals surface area contributed by atoms with Gasteiger partial charge in [0.15, 0.2) is 0 Å². The van der Waals surface area contributed by atoms with Crippen LogP contribution in [0.5, 0.6) is 5.75 Å². The number of pyridine rings is 1. The van der Waals surface area contributed by atoms with Crippen LogP contribution in [0.1, 0.15) is 34.6 Å². The summed E-state index contributed by atoms with van der Waals surface area (Å²) in [6.07, 6.45) is 1.68. The Balaban J connectivity index is 1.70. The maximum atomic E-state index is 13.1. The fraction of sp³-hybridized carbons (Fsp3) is 0.174. The van der Waals surface area contributed by atoms with E-state index in [1.807, 2.05) is 32.0 Å². The molecule has 3 aromatic rings. The first-order valence-electron chi connectivity index (χ1n) is 9.54. The van der Waals surface area contributed by atoms with Crippen LogP contribution < -0.4 is 15.0 Å². The molecule has 2 heterocycles. The maximum Gasteiger partial charge on any atom is 0.261 e. The predicted octanol–water partition coefficient (Wildman–Crippen LogP) is 4.86. The van der Waals surface area contributed by atoms with Gasteiger partial charge >= 0.3 is 0 Å². The van der Waals surface area contributed by atoms with E-state index in [1.165, 1.54) is 11.8 Å². The van der Waals surface area contributed by atoms with E-state index in [9.17, 15) is 9.59 Å². The van der Waals surface area contributed by atoms with Gasteiger partial charge in [-0.3, -0.25) is 9.59 Å². The summed E-state index contributed by atoms with van der Waals surface area (Å²) in [5.74, 6) is 0.309. The zero-order valence-corrected chi connectivity index (χ0v) is 17.7. The number of nitrogens with one attached hydrogen (secondary N) is 1. The zero-order valence-electron chi connectivity index (χ0n) is 16.9. The van der Waals surface area contributed by atoms with E-state index < -0.39 is 0 Å². The molecule has 0 spiro atoms. The van der Waals surface area contributed by atoms with Gasteiger partial charge in [0, 0.05) is 28.4 Å². The van der Waals surface area contributed by atoms with Crippen molar-refractivity contribution in [2.45, 2.75) is 29.8 Å². The summed E-state index contributed by atoms with van der Waals surface area (Å²) in [5.41, 5.74) is 2.53. The highest BCUT2D eigenvalue weighted by Gasteiger charge is 2.30. The molecule has 1 N–H and O–H groups in total. The number of hydrogen-bond donors (Lipinski definition) is 1. The summed E-state index contributed by atoms with van der Waals surface area (Å²) in [4.78, 5) is 32.9. The molecule has 0 radical (unpaired) electrons. The number of nitrogens with zero attached hydrogens (tertiary/aromatic N) is 2. The van der Waals surface area contributed by atoms with Crippen molar-refractivity contribution in [2.24, 2.45) is 0 Å². The summed E-state index contributed by atoms with van der Waals surface area (Å²) >= 11 is 1.43. The molecule has 0 fully saturated rings. The number of methoxy groups -OCH3 is 1. The summed E-state index contributed by atoms with van der Waals surface area (Å²) in [7, 11) is 1.56. The summed E-state index contributed by atoms with van der Waals surface area (Å²) in [6.45, 7) is 3.96. The van der Waals surface area contributed by atoms with Crippen molar-refractivity contribution in [3.05, 3.63) is 71.9 Å². The summed E-state index contributed by atoms with van der Waals surface area (Å²) < 4.78 is 5.19. The number of carbonyl (C=O) groups excluding carboxylic acids is 2. The number of benzene rings is 2. The van der Waals surface area contributed by atoms with E-state index in [1.54, 1.807) is 54.6 Å². The average molecular weight is 420 g/mol. The quantitative estimate of drug-likeness (QED) is 0.654. The lowest BCUT2D eigenvalue weighted by atomic mass is 10.1. The highest BCUT2D eigenvalue weighted by atomic mass is 32.2. The SMILES string of the molecule is COc1cccc(C(=O)Nc2ccc3c(c2)Sc2ncccc2C(=O)N3C(C)C)c1. The highest BCUT2D eigenvalue weighted by Crippen LogP contribution is 2.42. The molecular formula is C23H21N3O3S. The Kier molecular flexibility index (Phi) is 5.46. The molecule has 1 aliphatic heterocycles. The molecule has 4 rings (SSSR count). The van der Waals surface area contributed by atoms with Gasteiger partial charge in [-0.25, -0.2) is 4.98 Å². The number of ether oxygens (including phenoxy) is 1. The first kappa shape index (κ1) is 20.0. The van der Waals surface area contributed by atoms with Crippen molar-refractivity contribution < 1.29 is 14.3 Å². The maximum absolute atomic E-state index is 13.1. The van der Waals surface area contributed by atoms with Crippen LogP contribution in [0.25, 0.3) is 0 Å². The van der Waals surface area contributed by atoms with Crippen LogP contribution in [0, 0.1) is 0 Å². The van der Waals surface area contributed by atoms with Gasteiger partial charge in [0.2, 0.25) is 0 Å². The third-order valence-corrected chi connectivity index (χ3v) is 5.82. The fourth-order valence-corrected chi connectivity index (χ4v) is 4.38. The molecule has 152 valence electrons. The number of carbonyl (C=O) groups is 2. The standard InChI is InChI=1S/C23H21N3O3S/c1-14(2)26-19-10-9-16(25-21(27)15-6-4-7-17(12-15)29-3)13-20(19)30-22-18(23(26)28)8-5-11-24-22/h4-14H,1-3H3,(H,25,27). The van der Waals surface area contributed by atoms with Gasteiger partial charge in [-0.05, 0) is 62.4 Å². The van der Waals surface area contributed by atoms with Crippen LogP contribution in [-0.4, -0.2) is 29.9 Å². The second-order valence-electron chi connectivity index (χ2n) is 7.10. The van der Waals surface area contributed by atoms with Gasteiger partial charge in [0.25, 0.3) is 11.8 Å². The van der Waals surface area contributed by atoms with E-state index in [0.29, 0.717) is 27.6 Å². The van der Waals surface area contributed by atoms with Crippen molar-refractivity contribution in [3.8, 4) is 5.75 Å². The lowest BCUT2D eigenvalue weighted by molar-refractivity contribution is 0.0975. The second kappa shape index (κ2) is 8.20. The minimum Gasteiger partial charge on any atom is -0.497 e. The third kappa shape index (κ3) is 3.76. The molecule has 7 heteroatoms. The van der Waals surface area contributed by atoms with Gasteiger partial charge in [-0.15, -0.1) is 0 Å². The smallest absolute Gasteiger partial charge is 0.261 e. The van der Waals surface area contributed by atoms with E-state index >= 15 is 0 Å². The van der Waals surface area contributed by atoms with Crippen LogP contribution in [0.2, 0.25) is 0 Å². The topological polar surface area (TPSA) is 71.5 Å². The predicted molar refractivity (Wildman–Crippen MR) is 118 cm³/mol. The second-order valence-corrected chi connectivity index (χ2v) is 8.13. The van der Waals surface area contributed by atoms with E-state index in [0.717, 1.165) is 10.6 Å². The molecule has 2 aromatic carbocycles. The molecule has 1 aliphatic rings. The highest BCUT2D eigenvalue weighted by molar-refractivity contribution is 7.99. The van der Waals surface area contributed by atoms with Gasteiger partial charge in [0.05, 0.1) is 18.4 Å². The van der Waals surface area contributed by atoms with Gasteiger partial charge in [-0.2, -0.15) is 0 Å². The summed E-state index contributed by atoms with van der Waals surface area (Å²) in [6, 6.07) is 16.1. The molecule has 0 atom stereocenters. The van der Waals surface area contributed by atoms with Crippen molar-refractivity contribution in [1.29, 1.82) is 0 Å². The lowest BCUT2D eigenvalue weighted by Crippen LogP contribution is -2.37. The van der Waals surface area contributed by atoms with E-state index in [-0.39, 0.29) is 17.9 Å². The molecule has 1 aromatic heterocycles. The zero-order chi connectivity index (χ0) is 21.3. The number of amides is 2. The molecule has 6 nitrogen and oxygen atoms in total. The minimum atomic E-state index is -0.234. The molecule has 30 heavy (non-hydrogen) atoms. The molecule has 0 saturated carbocycles. The number of aromatic nitrogens is 1. The largest absolute Gasteiger partial charge is 0.497 e. The van der Waals surface area contributed by atoms with Gasteiger partial charge in [0.1, 0.15) is 10.8 Å². The minimum absolute atomic E-state index is 0.0276. The number of rotatable bonds is 4. The van der Waals surface area contributed by atoms with Crippen LogP contribution in [0.4, 0.5) is 11.4 Å². The van der Waals surface area contributed by atoms with Gasteiger partial charge < -0.3 is 15.0 Å². The monoisotopic (exact) mass is 419 g/mol. The van der Waals surface area contributed by atoms with E-state index in [4.69, 9.17) is 4.74 Å². The Morgan fingerprint density at radius 1 is 1.13 bits per heavy atom. The normalized spacial score (nSPS) is 12.8. The van der Waals surface area contributed by atoms with Crippen molar-refractivity contribution in [1.82, 2.24) is 4.98 Å². The molecule has 0 bridgehead atoms. The van der Waals surface area contributed by atoms with Crippen molar-refractivity contribution in [2.75, 3.05) is 17.3 Å². The van der Waals surface area contributed by atoms with Crippen LogP contribution >= 0.6 is 11.8 Å². The Morgan fingerprint density at radius 3 is 2.73 bits per heavy atom. The van der Waals surface area contributed by atoms with Crippen LogP contribution in [0.3, 0.4) is 0 Å². The summed E-state index contributed by atoms with van der Waals surface area (Å²) in [5, 5.41) is 3.58. The number of hydrogen-bond acceptors (Lipinski definition) is 5. The van der Waals surface area contributed by atoms with Crippen LogP contribution in [-0.2, 0) is 0 Å². The van der Waals surface area contributed by atoms with Gasteiger partial charge in [-0.1, -0.05) is 17.8 Å². The van der Waals surface area contributed by atoms with E-state index in [2.05, 4.69) is 10.3 Å². The first-order chi connectivity index (χ1) is 14.5. The first-order valence-corrected chi connectivity index (χ1v) is 10.4. The molecule has 0 saturated heterocycles. The Morgan fingerprint density at radius 2 is 1.97 bits per heavy atom. The molecule has 0 unspecified atom stereocenters. The van der Waals surface area contributed by atoms with Crippen molar-refractivity contribution >= 4 is 35.0 Å². The third-order valence-electron chi connectivity index (χ3n) is 4.75. The molecular weight excluding hydrogens is 398 g/mol. The van der Waals surface area contributed by atoms with Crippen molar-refractivity contribution in [3.63, 3.8) is 0 Å². The Labute approximate surface area is 179 Å².